The first kappa shape index (κ1) is 97.1. The number of methoxy groups -OCH3 is 2. The molecule has 0 aliphatic heterocycles. The van der Waals surface area contributed by atoms with Crippen LogP contribution < -0.4 is 29.6 Å². The second kappa shape index (κ2) is 45.0. The van der Waals surface area contributed by atoms with Crippen LogP contribution in [-0.4, -0.2) is 146 Å². The highest BCUT2D eigenvalue weighted by atomic mass is 28.4. The first-order valence-electron chi connectivity index (χ1n) is 40.3. The molecule has 0 spiro atoms. The smallest absolute Gasteiger partial charge is 0.497 e. The van der Waals surface area contributed by atoms with Gasteiger partial charge in [-0.15, -0.1) is 0 Å². The number of benzene rings is 8. The number of amides is 2. The Morgan fingerprint density at radius 2 is 0.583 bits per heavy atom. The molecule has 0 saturated carbocycles. The fraction of sp³-hybridized carbons (Fsp3) is 0.413. The maximum absolute atomic E-state index is 14.6. The fourth-order valence-corrected chi connectivity index (χ4v) is 19.5. The number of ether oxygens (including phenoxy) is 6. The third-order valence-corrected chi connectivity index (χ3v) is 27.3. The monoisotopic (exact) mass is 1700 g/mol. The molecule has 2 amide bonds. The third-order valence-electron chi connectivity index (χ3n) is 21.0. The SMILES string of the molecule is CCO[Si](CCCNC(=O)OCCCC(C)(c1ccc(OC(=O)c2ccc(C(C)(C)c3ccc(OC)cc3)cc2)cc1)c1ccc(C(C)=O)cc1)(OCC)OCC.CCO[Si](CCCNC(=O)OCCCC(C)(c1ccc(OC(=O)c2ccc(C(c3ccc(OC)cc3)(C(F)(F)F)C(F)(F)F)cc2)cc1)c1ccc(C(C)=O)cc1)(OCC)OCC. The van der Waals surface area contributed by atoms with Gasteiger partial charge in [0.15, 0.2) is 11.6 Å². The van der Waals surface area contributed by atoms with E-state index in [0.717, 1.165) is 63.4 Å². The minimum Gasteiger partial charge on any atom is -0.497 e. The van der Waals surface area contributed by atoms with Crippen molar-refractivity contribution in [1.29, 1.82) is 0 Å². The van der Waals surface area contributed by atoms with E-state index < -0.39 is 81.5 Å². The van der Waals surface area contributed by atoms with Crippen LogP contribution >= 0.6 is 0 Å². The summed E-state index contributed by atoms with van der Waals surface area (Å²) in [6.45, 7) is 26.6. The van der Waals surface area contributed by atoms with E-state index >= 15 is 0 Å². The van der Waals surface area contributed by atoms with Crippen molar-refractivity contribution in [2.45, 2.75) is 168 Å². The van der Waals surface area contributed by atoms with E-state index in [0.29, 0.717) is 150 Å². The molecule has 8 rings (SSSR count). The van der Waals surface area contributed by atoms with Gasteiger partial charge in [0.2, 0.25) is 5.41 Å². The van der Waals surface area contributed by atoms with Crippen LogP contribution in [0.2, 0.25) is 12.1 Å². The zero-order valence-electron chi connectivity index (χ0n) is 70.8. The quantitative estimate of drug-likeness (QED) is 0.00901. The Morgan fingerprint density at radius 1 is 0.333 bits per heavy atom. The number of carbonyl (C=O) groups excluding carboxylic acids is 6. The molecule has 0 radical (unpaired) electrons. The molecular formula is C92H112F6N2O18Si2. The maximum atomic E-state index is 14.6. The van der Waals surface area contributed by atoms with Gasteiger partial charge in [-0.25, -0.2) is 19.2 Å². The van der Waals surface area contributed by atoms with Gasteiger partial charge in [0.05, 0.1) is 38.6 Å². The van der Waals surface area contributed by atoms with Crippen LogP contribution in [0.1, 0.15) is 208 Å². The molecule has 2 unspecified atom stereocenters. The molecule has 20 nitrogen and oxygen atoms in total. The van der Waals surface area contributed by atoms with Gasteiger partial charge >= 0.3 is 54.1 Å². The third kappa shape index (κ3) is 25.5. The summed E-state index contributed by atoms with van der Waals surface area (Å²) < 4.78 is 156. The molecule has 0 fully saturated rings. The van der Waals surface area contributed by atoms with Crippen molar-refractivity contribution < 1.29 is 110 Å². The molecule has 120 heavy (non-hydrogen) atoms. The molecule has 8 aromatic rings. The van der Waals surface area contributed by atoms with Gasteiger partial charge in [-0.1, -0.05) is 149 Å². The van der Waals surface area contributed by atoms with E-state index in [4.69, 9.17) is 55.0 Å². The van der Waals surface area contributed by atoms with Crippen molar-refractivity contribution in [3.05, 3.63) is 261 Å². The van der Waals surface area contributed by atoms with E-state index in [2.05, 4.69) is 43.5 Å². The van der Waals surface area contributed by atoms with E-state index in [1.54, 1.807) is 62.6 Å². The molecular weight excluding hydrogens is 1590 g/mol. The number of carbonyl (C=O) groups is 6. The highest BCUT2D eigenvalue weighted by Gasteiger charge is 2.72. The number of alkyl carbamates (subject to hydrolysis) is 2. The van der Waals surface area contributed by atoms with E-state index in [1.165, 1.54) is 26.2 Å². The van der Waals surface area contributed by atoms with Crippen molar-refractivity contribution in [3.63, 3.8) is 0 Å². The van der Waals surface area contributed by atoms with Crippen LogP contribution in [0.25, 0.3) is 0 Å². The highest BCUT2D eigenvalue weighted by Crippen LogP contribution is 2.56. The molecule has 2 N–H and O–H groups in total. The second-order valence-corrected chi connectivity index (χ2v) is 34.7. The zero-order valence-corrected chi connectivity index (χ0v) is 72.8. The van der Waals surface area contributed by atoms with Crippen LogP contribution in [0.5, 0.6) is 23.0 Å². The molecule has 0 aliphatic carbocycles. The van der Waals surface area contributed by atoms with Gasteiger partial charge in [0.1, 0.15) is 23.0 Å². The molecule has 648 valence electrons. The molecule has 0 bridgehead atoms. The Morgan fingerprint density at radius 3 is 0.858 bits per heavy atom. The Bertz CT molecular complexity index is 4510. The zero-order chi connectivity index (χ0) is 88.0. The number of hydrogen-bond acceptors (Lipinski definition) is 18. The summed E-state index contributed by atoms with van der Waals surface area (Å²) in [6, 6.07) is 51.6. The maximum Gasteiger partial charge on any atom is 0.500 e. The molecule has 28 heteroatoms. The van der Waals surface area contributed by atoms with Gasteiger partial charge in [-0.3, -0.25) is 9.59 Å². The Balaban J connectivity index is 0.000000332. The normalized spacial score (nSPS) is 13.0. The standard InChI is InChI=1S/C46H53F6NO9Si.C46H59NO9Si/c1-7-59-63(60-8-2,61-9-3)31-11-29-53-42(56)58-30-10-28-43(5,35-16-12-33(13-17-35)32(4)54)36-20-26-40(27-21-36)62-41(55)34-14-18-37(19-15-34)44(45(47,48)49,46(50,51)52)38-22-24-39(57-6)25-23-38;1-9-53-57(54-10-2,55-11-3)33-13-31-47-44(50)52-32-12-30-46(7,39-20-14-35(15-21-39)34(4)48)40-24-28-42(29-25-40)56-43(49)36-16-18-37(19-17-36)45(5,6)38-22-26-41(51-8)27-23-38/h12-27H,7-11,28-31H2,1-6H3,(H,53,56);14-29H,9-13,30-33H2,1-8H3,(H,47,50). The number of alkyl halides is 6. The van der Waals surface area contributed by atoms with Crippen molar-refractivity contribution >= 4 is 53.3 Å². The number of rotatable bonds is 44. The number of ketones is 2. The van der Waals surface area contributed by atoms with Crippen LogP contribution in [0.15, 0.2) is 194 Å². The summed E-state index contributed by atoms with van der Waals surface area (Å²) >= 11 is 0. The highest BCUT2D eigenvalue weighted by molar-refractivity contribution is 6.61. The number of esters is 2. The predicted molar refractivity (Wildman–Crippen MR) is 450 cm³/mol. The second-order valence-electron chi connectivity index (χ2n) is 29.2. The average molecular weight is 1700 g/mol. The van der Waals surface area contributed by atoms with E-state index in [-0.39, 0.29) is 47.3 Å². The Hall–Kier alpha value is -10.0. The van der Waals surface area contributed by atoms with Crippen molar-refractivity contribution in [1.82, 2.24) is 10.6 Å². The Labute approximate surface area is 702 Å². The molecule has 8 aromatic carbocycles. The molecule has 0 aliphatic rings. The lowest BCUT2D eigenvalue weighted by Crippen LogP contribution is -2.54. The van der Waals surface area contributed by atoms with Crippen LogP contribution in [0, 0.1) is 0 Å². The minimum absolute atomic E-state index is 0.00822. The Kier molecular flexibility index (Phi) is 36.4. The van der Waals surface area contributed by atoms with Crippen molar-refractivity contribution in [2.75, 3.05) is 80.2 Å². The van der Waals surface area contributed by atoms with Gasteiger partial charge in [-0.2, -0.15) is 26.3 Å². The summed E-state index contributed by atoms with van der Waals surface area (Å²) in [4.78, 5) is 75.6. The lowest BCUT2D eigenvalue weighted by Gasteiger charge is -2.38. The van der Waals surface area contributed by atoms with Gasteiger partial charge in [0, 0.05) is 92.2 Å². The first-order chi connectivity index (χ1) is 57.1. The molecule has 0 saturated heterocycles. The summed E-state index contributed by atoms with van der Waals surface area (Å²) in [5.41, 5.74) is -1.00. The molecule has 0 heterocycles. The van der Waals surface area contributed by atoms with Crippen molar-refractivity contribution in [2.24, 2.45) is 0 Å². The first-order valence-corrected chi connectivity index (χ1v) is 44.1. The van der Waals surface area contributed by atoms with E-state index in [9.17, 15) is 55.1 Å². The summed E-state index contributed by atoms with van der Waals surface area (Å²) in [5, 5.41) is 5.58. The lowest BCUT2D eigenvalue weighted by atomic mass is 9.72. The largest absolute Gasteiger partial charge is 0.500 e. The summed E-state index contributed by atoms with van der Waals surface area (Å²) in [5.74, 6) is -0.232. The van der Waals surface area contributed by atoms with Crippen LogP contribution in [-0.2, 0) is 57.7 Å². The van der Waals surface area contributed by atoms with E-state index in [1.807, 2.05) is 121 Å². The molecule has 2 atom stereocenters. The average Bonchev–Trinajstić information content (AvgIpc) is 0.715. The van der Waals surface area contributed by atoms with Gasteiger partial charge in [0.25, 0.3) is 0 Å². The predicted octanol–water partition coefficient (Wildman–Crippen LogP) is 20.5. The number of halogens is 6. The topological polar surface area (TPSA) is 237 Å². The van der Waals surface area contributed by atoms with Crippen LogP contribution in [0.3, 0.4) is 0 Å². The van der Waals surface area contributed by atoms with Gasteiger partial charge in [-0.05, 0) is 211 Å². The van der Waals surface area contributed by atoms with Crippen LogP contribution in [0.4, 0.5) is 35.9 Å². The van der Waals surface area contributed by atoms with Gasteiger partial charge < -0.3 is 65.6 Å². The number of nitrogens with one attached hydrogen (secondary N) is 2. The number of Topliss-reactive ketones (excluding diaryl/α,β-unsaturated/α-hetero) is 2. The van der Waals surface area contributed by atoms with Crippen molar-refractivity contribution in [3.8, 4) is 23.0 Å². The minimum atomic E-state index is -5.82. The molecule has 0 aromatic heterocycles. The summed E-state index contributed by atoms with van der Waals surface area (Å²) in [6.07, 6.45) is -9.38. The summed E-state index contributed by atoms with van der Waals surface area (Å²) in [7, 11) is -2.76. The number of hydrogen-bond donors (Lipinski definition) is 2. The fourth-order valence-electron chi connectivity index (χ4n) is 14.3. The lowest BCUT2D eigenvalue weighted by molar-refractivity contribution is -0.288.